The van der Waals surface area contributed by atoms with Gasteiger partial charge >= 0.3 is 0 Å². The number of aromatic nitrogens is 1. The van der Waals surface area contributed by atoms with Crippen molar-refractivity contribution >= 4 is 5.91 Å². The van der Waals surface area contributed by atoms with Crippen molar-refractivity contribution in [2.45, 2.75) is 19.3 Å². The van der Waals surface area contributed by atoms with E-state index in [1.807, 2.05) is 49.4 Å². The SMILES string of the molecule is Cc1ccc(C(=O)NCC(C)(c2ccccc2)c2ccccc2)cn1. The van der Waals surface area contributed by atoms with Crippen molar-refractivity contribution in [3.8, 4) is 0 Å². The Kier molecular flexibility index (Phi) is 4.94. The van der Waals surface area contributed by atoms with Crippen LogP contribution in [0.5, 0.6) is 0 Å². The quantitative estimate of drug-likeness (QED) is 0.764. The summed E-state index contributed by atoms with van der Waals surface area (Å²) in [7, 11) is 0. The lowest BCUT2D eigenvalue weighted by Crippen LogP contribution is -2.39. The number of pyridine rings is 1. The van der Waals surface area contributed by atoms with Crippen molar-refractivity contribution in [3.63, 3.8) is 0 Å². The van der Waals surface area contributed by atoms with Crippen molar-refractivity contribution in [3.05, 3.63) is 101 Å². The molecule has 0 radical (unpaired) electrons. The zero-order valence-corrected chi connectivity index (χ0v) is 14.6. The molecular formula is C22H22N2O. The highest BCUT2D eigenvalue weighted by Crippen LogP contribution is 2.31. The molecule has 0 atom stereocenters. The lowest BCUT2D eigenvalue weighted by molar-refractivity contribution is 0.0947. The lowest BCUT2D eigenvalue weighted by atomic mass is 9.76. The van der Waals surface area contributed by atoms with Crippen molar-refractivity contribution < 1.29 is 4.79 Å². The third-order valence-electron chi connectivity index (χ3n) is 4.60. The van der Waals surface area contributed by atoms with Crippen LogP contribution in [0.15, 0.2) is 79.0 Å². The van der Waals surface area contributed by atoms with E-state index in [9.17, 15) is 4.79 Å². The Hall–Kier alpha value is -2.94. The smallest absolute Gasteiger partial charge is 0.252 e. The number of carbonyl (C=O) groups excluding carboxylic acids is 1. The Bertz CT molecular complexity index is 787. The maximum absolute atomic E-state index is 12.5. The fourth-order valence-corrected chi connectivity index (χ4v) is 2.94. The minimum absolute atomic E-state index is 0.106. The summed E-state index contributed by atoms with van der Waals surface area (Å²) in [6, 6.07) is 24.2. The highest BCUT2D eigenvalue weighted by Gasteiger charge is 2.29. The molecular weight excluding hydrogens is 308 g/mol. The molecule has 0 aliphatic rings. The van der Waals surface area contributed by atoms with Crippen LogP contribution in [0.3, 0.4) is 0 Å². The first-order valence-corrected chi connectivity index (χ1v) is 8.41. The van der Waals surface area contributed by atoms with Crippen LogP contribution < -0.4 is 5.32 Å². The van der Waals surface area contributed by atoms with Gasteiger partial charge in [-0.1, -0.05) is 60.7 Å². The van der Waals surface area contributed by atoms with Gasteiger partial charge in [-0.2, -0.15) is 0 Å². The molecule has 3 aromatic rings. The molecule has 0 fully saturated rings. The molecule has 0 aliphatic heterocycles. The van der Waals surface area contributed by atoms with Crippen LogP contribution >= 0.6 is 0 Å². The second kappa shape index (κ2) is 7.31. The molecule has 126 valence electrons. The van der Waals surface area contributed by atoms with Crippen LogP contribution in [-0.4, -0.2) is 17.4 Å². The Labute approximate surface area is 148 Å². The van der Waals surface area contributed by atoms with E-state index in [4.69, 9.17) is 0 Å². The number of hydrogen-bond acceptors (Lipinski definition) is 2. The Morgan fingerprint density at radius 2 is 1.48 bits per heavy atom. The molecule has 1 amide bonds. The zero-order chi connectivity index (χ0) is 17.7. The average Bonchev–Trinajstić information content (AvgIpc) is 2.68. The van der Waals surface area contributed by atoms with Gasteiger partial charge in [-0.15, -0.1) is 0 Å². The largest absolute Gasteiger partial charge is 0.351 e. The highest BCUT2D eigenvalue weighted by molar-refractivity contribution is 5.93. The molecule has 1 heterocycles. The van der Waals surface area contributed by atoms with Gasteiger partial charge < -0.3 is 5.32 Å². The summed E-state index contributed by atoms with van der Waals surface area (Å²) >= 11 is 0. The molecule has 0 saturated carbocycles. The van der Waals surface area contributed by atoms with E-state index in [1.54, 1.807) is 12.3 Å². The maximum Gasteiger partial charge on any atom is 0.252 e. The average molecular weight is 330 g/mol. The summed E-state index contributed by atoms with van der Waals surface area (Å²) in [6.07, 6.45) is 1.62. The number of carbonyl (C=O) groups is 1. The van der Waals surface area contributed by atoms with Gasteiger partial charge in [0.2, 0.25) is 0 Å². The van der Waals surface area contributed by atoms with Gasteiger partial charge in [-0.25, -0.2) is 0 Å². The number of aryl methyl sites for hydroxylation is 1. The third kappa shape index (κ3) is 3.77. The molecule has 1 aromatic heterocycles. The second-order valence-corrected chi connectivity index (χ2v) is 6.44. The normalized spacial score (nSPS) is 11.1. The summed E-state index contributed by atoms with van der Waals surface area (Å²) in [4.78, 5) is 16.7. The molecule has 3 rings (SSSR count). The van der Waals surface area contributed by atoms with Gasteiger partial charge in [-0.05, 0) is 37.1 Å². The van der Waals surface area contributed by atoms with Crippen LogP contribution in [0.4, 0.5) is 0 Å². The molecule has 0 bridgehead atoms. The topological polar surface area (TPSA) is 42.0 Å². The van der Waals surface area contributed by atoms with E-state index in [1.165, 1.54) is 11.1 Å². The monoisotopic (exact) mass is 330 g/mol. The summed E-state index contributed by atoms with van der Waals surface area (Å²) in [5, 5.41) is 3.08. The van der Waals surface area contributed by atoms with Crippen molar-refractivity contribution in [1.82, 2.24) is 10.3 Å². The molecule has 3 heteroatoms. The lowest BCUT2D eigenvalue weighted by Gasteiger charge is -2.31. The fraction of sp³-hybridized carbons (Fsp3) is 0.182. The van der Waals surface area contributed by atoms with Gasteiger partial charge in [0.05, 0.1) is 5.56 Å². The first-order valence-electron chi connectivity index (χ1n) is 8.41. The van der Waals surface area contributed by atoms with Crippen molar-refractivity contribution in [2.24, 2.45) is 0 Å². The van der Waals surface area contributed by atoms with E-state index < -0.39 is 0 Å². The first-order chi connectivity index (χ1) is 12.1. The third-order valence-corrected chi connectivity index (χ3v) is 4.60. The summed E-state index contributed by atoms with van der Waals surface area (Å²) in [6.45, 7) is 4.57. The molecule has 0 saturated heterocycles. The van der Waals surface area contributed by atoms with Crippen LogP contribution in [0.1, 0.15) is 34.1 Å². The highest BCUT2D eigenvalue weighted by atomic mass is 16.1. The standard InChI is InChI=1S/C22H22N2O/c1-17-13-14-18(15-23-17)21(25)24-16-22(2,19-9-5-3-6-10-19)20-11-7-4-8-12-20/h3-15H,16H2,1-2H3,(H,24,25). The van der Waals surface area contributed by atoms with Crippen LogP contribution in [-0.2, 0) is 5.41 Å². The van der Waals surface area contributed by atoms with Crippen LogP contribution in [0, 0.1) is 6.92 Å². The molecule has 2 aromatic carbocycles. The van der Waals surface area contributed by atoms with Gasteiger partial charge in [0.1, 0.15) is 0 Å². The number of hydrogen-bond donors (Lipinski definition) is 1. The van der Waals surface area contributed by atoms with Crippen LogP contribution in [0.2, 0.25) is 0 Å². The van der Waals surface area contributed by atoms with Crippen molar-refractivity contribution in [1.29, 1.82) is 0 Å². The molecule has 3 nitrogen and oxygen atoms in total. The molecule has 1 N–H and O–H groups in total. The van der Waals surface area contributed by atoms with E-state index in [2.05, 4.69) is 41.5 Å². The van der Waals surface area contributed by atoms with Gasteiger partial charge in [0.15, 0.2) is 0 Å². The van der Waals surface area contributed by atoms with E-state index in [-0.39, 0.29) is 11.3 Å². The predicted molar refractivity (Wildman–Crippen MR) is 101 cm³/mol. The van der Waals surface area contributed by atoms with Crippen LogP contribution in [0.25, 0.3) is 0 Å². The van der Waals surface area contributed by atoms with Gasteiger partial charge in [0, 0.05) is 23.9 Å². The minimum Gasteiger partial charge on any atom is -0.351 e. The second-order valence-electron chi connectivity index (χ2n) is 6.44. The summed E-state index contributed by atoms with van der Waals surface area (Å²) in [5.74, 6) is -0.106. The number of rotatable bonds is 5. The molecule has 0 aliphatic carbocycles. The molecule has 0 unspecified atom stereocenters. The van der Waals surface area contributed by atoms with E-state index in [0.717, 1.165) is 5.69 Å². The van der Waals surface area contributed by atoms with Gasteiger partial charge in [-0.3, -0.25) is 9.78 Å². The Morgan fingerprint density at radius 3 is 1.96 bits per heavy atom. The van der Waals surface area contributed by atoms with Gasteiger partial charge in [0.25, 0.3) is 5.91 Å². The predicted octanol–water partition coefficient (Wildman–Crippen LogP) is 4.13. The first kappa shape index (κ1) is 16.9. The Morgan fingerprint density at radius 1 is 0.920 bits per heavy atom. The van der Waals surface area contributed by atoms with E-state index >= 15 is 0 Å². The fourth-order valence-electron chi connectivity index (χ4n) is 2.94. The van der Waals surface area contributed by atoms with E-state index in [0.29, 0.717) is 12.1 Å². The maximum atomic E-state index is 12.5. The minimum atomic E-state index is -0.309. The summed E-state index contributed by atoms with van der Waals surface area (Å²) < 4.78 is 0. The Balaban J connectivity index is 1.86. The molecule has 0 spiro atoms. The molecule has 25 heavy (non-hydrogen) atoms. The number of benzene rings is 2. The summed E-state index contributed by atoms with van der Waals surface area (Å²) in [5.41, 5.74) is 3.51. The zero-order valence-electron chi connectivity index (χ0n) is 14.6. The number of nitrogens with zero attached hydrogens (tertiary/aromatic N) is 1. The van der Waals surface area contributed by atoms with Crippen molar-refractivity contribution in [2.75, 3.05) is 6.54 Å². The number of amides is 1. The number of nitrogens with one attached hydrogen (secondary N) is 1.